The van der Waals surface area contributed by atoms with Gasteiger partial charge >= 0.3 is 12.1 Å². The molecule has 0 heterocycles. The molecule has 0 saturated heterocycles. The summed E-state index contributed by atoms with van der Waals surface area (Å²) in [6.45, 7) is 4.75. The fourth-order valence-electron chi connectivity index (χ4n) is 4.68. The van der Waals surface area contributed by atoms with Crippen LogP contribution in [0.3, 0.4) is 0 Å². The normalized spacial score (nSPS) is 13.9. The first kappa shape index (κ1) is 26.3. The molecule has 1 aliphatic carbocycles. The Morgan fingerprint density at radius 3 is 2.20 bits per heavy atom. The second kappa shape index (κ2) is 12.9. The van der Waals surface area contributed by atoms with Crippen molar-refractivity contribution in [1.29, 1.82) is 0 Å². The molecule has 3 N–H and O–H groups in total. The van der Waals surface area contributed by atoms with Gasteiger partial charge in [-0.1, -0.05) is 68.8 Å². The van der Waals surface area contributed by atoms with Crippen LogP contribution in [-0.2, 0) is 14.3 Å². The van der Waals surface area contributed by atoms with Gasteiger partial charge in [0, 0.05) is 24.9 Å². The minimum atomic E-state index is -0.906. The number of ether oxygens (including phenoxy) is 1. The lowest BCUT2D eigenvalue weighted by Crippen LogP contribution is -2.36. The Labute approximate surface area is 207 Å². The summed E-state index contributed by atoms with van der Waals surface area (Å²) >= 11 is 0. The molecule has 2 atom stereocenters. The quantitative estimate of drug-likeness (QED) is 0.370. The van der Waals surface area contributed by atoms with E-state index in [1.807, 2.05) is 38.1 Å². The van der Waals surface area contributed by atoms with Crippen LogP contribution in [0.1, 0.15) is 69.4 Å². The number of carbonyl (C=O) groups excluding carboxylic acids is 2. The second-order valence-electron chi connectivity index (χ2n) is 9.34. The van der Waals surface area contributed by atoms with Crippen molar-refractivity contribution in [2.24, 2.45) is 5.92 Å². The number of nitrogens with one attached hydrogen (secondary N) is 2. The number of fused-ring (bicyclic) bond motifs is 3. The summed E-state index contributed by atoms with van der Waals surface area (Å²) in [7, 11) is 0. The van der Waals surface area contributed by atoms with Gasteiger partial charge < -0.3 is 20.5 Å². The molecule has 0 saturated carbocycles. The number of hydrogen-bond donors (Lipinski definition) is 3. The molecule has 3 rings (SSSR count). The summed E-state index contributed by atoms with van der Waals surface area (Å²) in [5, 5.41) is 14.6. The van der Waals surface area contributed by atoms with Crippen LogP contribution in [0.25, 0.3) is 11.1 Å². The summed E-state index contributed by atoms with van der Waals surface area (Å²) in [5.74, 6) is -0.764. The first-order valence-corrected chi connectivity index (χ1v) is 12.5. The van der Waals surface area contributed by atoms with Gasteiger partial charge in [0.25, 0.3) is 0 Å². The van der Waals surface area contributed by atoms with Crippen molar-refractivity contribution in [2.45, 2.75) is 64.3 Å². The molecule has 188 valence electrons. The standard InChI is InChI=1S/C28H36N2O5/c1-3-8-20(17-27(32)33)30-26(31)14-13-19(2)15-16-29-28(34)35-18-25-23-11-6-4-9-21(23)22-10-5-7-12-24(22)25/h4-7,9-12,19-20,25H,3,8,13-18H2,1-2H3,(H,29,34)(H,30,31)(H,32,33)/t19?,20-/m0/s1. The number of carboxylic acids is 1. The third kappa shape index (κ3) is 7.57. The van der Waals surface area contributed by atoms with Crippen LogP contribution in [0.15, 0.2) is 48.5 Å². The average Bonchev–Trinajstić information content (AvgIpc) is 3.15. The monoisotopic (exact) mass is 480 g/mol. The number of carboxylic acid groups (broad SMARTS) is 1. The van der Waals surface area contributed by atoms with Crippen molar-refractivity contribution in [2.75, 3.05) is 13.2 Å². The maximum atomic E-state index is 12.3. The second-order valence-corrected chi connectivity index (χ2v) is 9.34. The molecule has 0 fully saturated rings. The van der Waals surface area contributed by atoms with Gasteiger partial charge in [-0.25, -0.2) is 4.79 Å². The van der Waals surface area contributed by atoms with E-state index >= 15 is 0 Å². The van der Waals surface area contributed by atoms with E-state index in [1.165, 1.54) is 22.3 Å². The van der Waals surface area contributed by atoms with Crippen molar-refractivity contribution in [3.63, 3.8) is 0 Å². The van der Waals surface area contributed by atoms with Crippen molar-refractivity contribution in [1.82, 2.24) is 10.6 Å². The highest BCUT2D eigenvalue weighted by Crippen LogP contribution is 2.44. The Morgan fingerprint density at radius 2 is 1.60 bits per heavy atom. The van der Waals surface area contributed by atoms with Crippen LogP contribution in [0.4, 0.5) is 4.79 Å². The molecule has 2 aromatic carbocycles. The van der Waals surface area contributed by atoms with Gasteiger partial charge in [-0.15, -0.1) is 0 Å². The fraction of sp³-hybridized carbons (Fsp3) is 0.464. The molecular formula is C28H36N2O5. The number of rotatable bonds is 13. The van der Waals surface area contributed by atoms with E-state index in [2.05, 4.69) is 34.9 Å². The Kier molecular flexibility index (Phi) is 9.70. The van der Waals surface area contributed by atoms with Crippen LogP contribution in [-0.4, -0.2) is 42.3 Å². The molecule has 7 heteroatoms. The van der Waals surface area contributed by atoms with Crippen LogP contribution in [0.5, 0.6) is 0 Å². The molecule has 2 amide bonds. The van der Waals surface area contributed by atoms with Gasteiger partial charge in [0.05, 0.1) is 6.42 Å². The molecule has 0 aliphatic heterocycles. The van der Waals surface area contributed by atoms with Gasteiger partial charge in [-0.3, -0.25) is 9.59 Å². The highest BCUT2D eigenvalue weighted by atomic mass is 16.5. The minimum Gasteiger partial charge on any atom is -0.481 e. The van der Waals surface area contributed by atoms with Crippen molar-refractivity contribution in [3.05, 3.63) is 59.7 Å². The minimum absolute atomic E-state index is 0.0308. The molecule has 0 radical (unpaired) electrons. The molecule has 0 bridgehead atoms. The highest BCUT2D eigenvalue weighted by molar-refractivity contribution is 5.79. The number of carbonyl (C=O) groups is 3. The molecule has 2 aromatic rings. The zero-order valence-corrected chi connectivity index (χ0v) is 20.6. The number of alkyl carbamates (subject to hydrolysis) is 1. The van der Waals surface area contributed by atoms with E-state index in [9.17, 15) is 14.4 Å². The van der Waals surface area contributed by atoms with Gasteiger partial charge in [0.1, 0.15) is 6.61 Å². The number of benzene rings is 2. The average molecular weight is 481 g/mol. The lowest BCUT2D eigenvalue weighted by molar-refractivity contribution is -0.137. The molecule has 0 aromatic heterocycles. The fourth-order valence-corrected chi connectivity index (χ4v) is 4.68. The van der Waals surface area contributed by atoms with E-state index in [0.29, 0.717) is 25.8 Å². The van der Waals surface area contributed by atoms with E-state index in [-0.39, 0.29) is 36.8 Å². The molecule has 1 aliphatic rings. The molecule has 0 spiro atoms. The van der Waals surface area contributed by atoms with Gasteiger partial charge in [-0.05, 0) is 47.4 Å². The van der Waals surface area contributed by atoms with Crippen LogP contribution >= 0.6 is 0 Å². The first-order chi connectivity index (χ1) is 16.9. The predicted octanol–water partition coefficient (Wildman–Crippen LogP) is 5.09. The Morgan fingerprint density at radius 1 is 0.971 bits per heavy atom. The molecule has 7 nitrogen and oxygen atoms in total. The predicted molar refractivity (Wildman–Crippen MR) is 135 cm³/mol. The van der Waals surface area contributed by atoms with Crippen LogP contribution < -0.4 is 10.6 Å². The molecule has 35 heavy (non-hydrogen) atoms. The Balaban J connectivity index is 1.36. The van der Waals surface area contributed by atoms with Crippen LogP contribution in [0, 0.1) is 5.92 Å². The Hall–Kier alpha value is -3.35. The maximum absolute atomic E-state index is 12.3. The zero-order chi connectivity index (χ0) is 25.2. The van der Waals surface area contributed by atoms with Crippen molar-refractivity contribution in [3.8, 4) is 11.1 Å². The third-order valence-corrected chi connectivity index (χ3v) is 6.54. The van der Waals surface area contributed by atoms with Crippen molar-refractivity contribution >= 4 is 18.0 Å². The van der Waals surface area contributed by atoms with Gasteiger partial charge in [-0.2, -0.15) is 0 Å². The topological polar surface area (TPSA) is 105 Å². The lowest BCUT2D eigenvalue weighted by atomic mass is 9.98. The van der Waals surface area contributed by atoms with Gasteiger partial charge in [0.15, 0.2) is 0 Å². The Bertz CT molecular complexity index is 976. The largest absolute Gasteiger partial charge is 0.481 e. The van der Waals surface area contributed by atoms with E-state index in [1.54, 1.807) is 0 Å². The summed E-state index contributed by atoms with van der Waals surface area (Å²) in [5.41, 5.74) is 4.74. The summed E-state index contributed by atoms with van der Waals surface area (Å²) < 4.78 is 5.56. The maximum Gasteiger partial charge on any atom is 0.407 e. The van der Waals surface area contributed by atoms with E-state index in [0.717, 1.165) is 12.8 Å². The highest BCUT2D eigenvalue weighted by Gasteiger charge is 2.29. The summed E-state index contributed by atoms with van der Waals surface area (Å²) in [6.07, 6.45) is 2.71. The number of hydrogen-bond acceptors (Lipinski definition) is 4. The summed E-state index contributed by atoms with van der Waals surface area (Å²) in [6, 6.07) is 16.1. The zero-order valence-electron chi connectivity index (χ0n) is 20.6. The van der Waals surface area contributed by atoms with Crippen LogP contribution in [0.2, 0.25) is 0 Å². The molecular weight excluding hydrogens is 444 g/mol. The molecule has 1 unspecified atom stereocenters. The third-order valence-electron chi connectivity index (χ3n) is 6.54. The number of aliphatic carboxylic acids is 1. The first-order valence-electron chi connectivity index (χ1n) is 12.5. The van der Waals surface area contributed by atoms with Gasteiger partial charge in [0.2, 0.25) is 5.91 Å². The number of amides is 2. The van der Waals surface area contributed by atoms with E-state index < -0.39 is 12.1 Å². The van der Waals surface area contributed by atoms with E-state index in [4.69, 9.17) is 9.84 Å². The SMILES string of the molecule is CCC[C@@H](CC(=O)O)NC(=O)CCC(C)CCNC(=O)OCC1c2ccccc2-c2ccccc21. The summed E-state index contributed by atoms with van der Waals surface area (Å²) in [4.78, 5) is 35.4. The smallest absolute Gasteiger partial charge is 0.407 e. The lowest BCUT2D eigenvalue weighted by Gasteiger charge is -2.17. The van der Waals surface area contributed by atoms with Crippen molar-refractivity contribution < 1.29 is 24.2 Å².